The summed E-state index contributed by atoms with van der Waals surface area (Å²) in [5, 5.41) is 21.9. The Morgan fingerprint density at radius 1 is 1.31 bits per heavy atom. The number of rotatable bonds is 5. The van der Waals surface area contributed by atoms with Gasteiger partial charge in [0, 0.05) is 44.3 Å². The normalized spacial score (nSPS) is 24.4. The molecule has 2 fully saturated rings. The molecule has 156 valence electrons. The van der Waals surface area contributed by atoms with Crippen molar-refractivity contribution in [1.29, 1.82) is 5.26 Å². The van der Waals surface area contributed by atoms with Crippen LogP contribution in [0, 0.1) is 11.3 Å². The maximum absolute atomic E-state index is 11.5. The molecule has 2 N–H and O–H groups in total. The predicted molar refractivity (Wildman–Crippen MR) is 105 cm³/mol. The minimum atomic E-state index is -0.982. The minimum absolute atomic E-state index is 0.158. The van der Waals surface area contributed by atoms with Gasteiger partial charge < -0.3 is 29.9 Å². The molecule has 1 aromatic rings. The number of carbonyl (C=O) groups is 1. The summed E-state index contributed by atoms with van der Waals surface area (Å²) >= 11 is 0. The molecule has 10 heteroatoms. The summed E-state index contributed by atoms with van der Waals surface area (Å²) in [4.78, 5) is 26.5. The van der Waals surface area contributed by atoms with E-state index in [-0.39, 0.29) is 12.5 Å². The highest BCUT2D eigenvalue weighted by Crippen LogP contribution is 2.29. The smallest absolute Gasteiger partial charge is 0.407 e. The van der Waals surface area contributed by atoms with Gasteiger partial charge in [-0.1, -0.05) is 0 Å². The quantitative estimate of drug-likeness (QED) is 0.732. The Labute approximate surface area is 170 Å². The lowest BCUT2D eigenvalue weighted by Gasteiger charge is -2.40. The predicted octanol–water partition coefficient (Wildman–Crippen LogP) is 0.635. The second-order valence-corrected chi connectivity index (χ2v) is 7.88. The van der Waals surface area contributed by atoms with Crippen molar-refractivity contribution in [3.8, 4) is 12.1 Å². The number of carboxylic acid groups (broad SMARTS) is 1. The Kier molecular flexibility index (Phi) is 5.69. The van der Waals surface area contributed by atoms with E-state index in [0.29, 0.717) is 51.4 Å². The summed E-state index contributed by atoms with van der Waals surface area (Å²) in [6.07, 6.45) is 1.47. The molecular weight excluding hydrogens is 374 g/mol. The topological polar surface area (TPSA) is 118 Å². The van der Waals surface area contributed by atoms with Gasteiger partial charge in [-0.15, -0.1) is 0 Å². The number of nitriles is 1. The molecule has 3 aliphatic heterocycles. The van der Waals surface area contributed by atoms with Crippen LogP contribution in [0.25, 0.3) is 0 Å². The number of piperazine rings is 1. The van der Waals surface area contributed by atoms with Gasteiger partial charge in [-0.05, 0) is 26.4 Å². The Balaban J connectivity index is 1.54. The van der Waals surface area contributed by atoms with Gasteiger partial charge in [0.25, 0.3) is 0 Å². The maximum Gasteiger partial charge on any atom is 0.407 e. The van der Waals surface area contributed by atoms with Crippen LogP contribution in [0.3, 0.4) is 0 Å². The summed E-state index contributed by atoms with van der Waals surface area (Å²) in [7, 11) is 2.11. The van der Waals surface area contributed by atoms with E-state index < -0.39 is 6.09 Å². The second-order valence-electron chi connectivity index (χ2n) is 7.88. The number of anilines is 1. The molecule has 1 aromatic heterocycles. The van der Waals surface area contributed by atoms with Crippen molar-refractivity contribution in [1.82, 2.24) is 25.1 Å². The molecule has 1 amide bonds. The lowest BCUT2D eigenvalue weighted by Crippen LogP contribution is -2.55. The number of fused-ring (bicyclic) bond motifs is 1. The van der Waals surface area contributed by atoms with Crippen molar-refractivity contribution in [2.24, 2.45) is 0 Å². The number of amides is 1. The molecule has 0 spiro atoms. The number of hydrogen-bond donors (Lipinski definition) is 2. The van der Waals surface area contributed by atoms with Crippen molar-refractivity contribution in [3.63, 3.8) is 0 Å². The van der Waals surface area contributed by atoms with Gasteiger partial charge in [0.05, 0.1) is 24.2 Å². The summed E-state index contributed by atoms with van der Waals surface area (Å²) in [6, 6.07) is 2.49. The molecule has 4 heterocycles. The van der Waals surface area contributed by atoms with E-state index in [2.05, 4.69) is 33.2 Å². The molecular formula is C19H27N7O3. The Bertz CT molecular complexity index is 812. The fourth-order valence-corrected chi connectivity index (χ4v) is 4.39. The average molecular weight is 401 g/mol. The molecule has 2 saturated heterocycles. The molecule has 0 unspecified atom stereocenters. The van der Waals surface area contributed by atoms with Crippen molar-refractivity contribution in [3.05, 3.63) is 11.3 Å². The summed E-state index contributed by atoms with van der Waals surface area (Å²) in [6.45, 7) is 4.31. The van der Waals surface area contributed by atoms with Gasteiger partial charge in [-0.3, -0.25) is 0 Å². The van der Waals surface area contributed by atoms with E-state index in [4.69, 9.17) is 15.0 Å². The van der Waals surface area contributed by atoms with Crippen LogP contribution in [0.5, 0.6) is 6.01 Å². The molecule has 4 rings (SSSR count). The van der Waals surface area contributed by atoms with Gasteiger partial charge in [0.2, 0.25) is 0 Å². The number of ether oxygens (including phenoxy) is 1. The van der Waals surface area contributed by atoms with Crippen LogP contribution in [-0.4, -0.2) is 82.9 Å². The zero-order valence-electron chi connectivity index (χ0n) is 16.7. The monoisotopic (exact) mass is 401 g/mol. The highest BCUT2D eigenvalue weighted by atomic mass is 16.5. The fraction of sp³-hybridized carbons (Fsp3) is 0.684. The molecule has 0 bridgehead atoms. The molecule has 2 atom stereocenters. The summed E-state index contributed by atoms with van der Waals surface area (Å²) < 4.78 is 5.98. The van der Waals surface area contributed by atoms with E-state index in [9.17, 15) is 9.90 Å². The lowest BCUT2D eigenvalue weighted by molar-refractivity contribution is 0.119. The van der Waals surface area contributed by atoms with Gasteiger partial charge in [-0.2, -0.15) is 15.2 Å². The van der Waals surface area contributed by atoms with Crippen molar-refractivity contribution >= 4 is 11.9 Å². The van der Waals surface area contributed by atoms with E-state index in [0.717, 1.165) is 30.0 Å². The number of likely N-dealkylation sites (N-methyl/N-ethyl adjacent to an activating group) is 1. The molecule has 3 aliphatic rings. The Morgan fingerprint density at radius 2 is 2.17 bits per heavy atom. The molecule has 0 aliphatic carbocycles. The van der Waals surface area contributed by atoms with Crippen LogP contribution in [-0.2, 0) is 13.1 Å². The fourth-order valence-electron chi connectivity index (χ4n) is 4.39. The number of nitrogens with zero attached hydrogens (tertiary/aromatic N) is 6. The van der Waals surface area contributed by atoms with Gasteiger partial charge in [0.15, 0.2) is 0 Å². The molecule has 0 saturated carbocycles. The van der Waals surface area contributed by atoms with Crippen LogP contribution in [0.1, 0.15) is 30.5 Å². The molecule has 0 aromatic carbocycles. The number of likely N-dealkylation sites (tertiary alicyclic amines) is 1. The number of hydrogen-bond acceptors (Lipinski definition) is 8. The third kappa shape index (κ3) is 4.06. The zero-order valence-corrected chi connectivity index (χ0v) is 16.7. The van der Waals surface area contributed by atoms with Crippen molar-refractivity contribution < 1.29 is 14.6 Å². The minimum Gasteiger partial charge on any atom is -0.465 e. The van der Waals surface area contributed by atoms with Gasteiger partial charge in [-0.25, -0.2) is 4.79 Å². The first kappa shape index (κ1) is 19.7. The van der Waals surface area contributed by atoms with Crippen LogP contribution in [0.2, 0.25) is 0 Å². The van der Waals surface area contributed by atoms with Crippen LogP contribution in [0.4, 0.5) is 10.6 Å². The van der Waals surface area contributed by atoms with Crippen LogP contribution >= 0.6 is 0 Å². The summed E-state index contributed by atoms with van der Waals surface area (Å²) in [5.74, 6) is 0.794. The summed E-state index contributed by atoms with van der Waals surface area (Å²) in [5.41, 5.74) is 1.97. The van der Waals surface area contributed by atoms with E-state index in [1.807, 2.05) is 0 Å². The largest absolute Gasteiger partial charge is 0.465 e. The van der Waals surface area contributed by atoms with Gasteiger partial charge in [0.1, 0.15) is 12.4 Å². The van der Waals surface area contributed by atoms with E-state index in [1.54, 1.807) is 0 Å². The zero-order chi connectivity index (χ0) is 20.4. The van der Waals surface area contributed by atoms with E-state index in [1.165, 1.54) is 11.3 Å². The Morgan fingerprint density at radius 3 is 2.90 bits per heavy atom. The number of aromatic nitrogens is 2. The SMILES string of the molecule is CN1CCC[C@H]1COc1nc2c(c(N3CCN(C(=O)O)[C@@H](CC#N)C3)n1)CNC2. The Hall–Kier alpha value is -2.64. The molecule has 29 heavy (non-hydrogen) atoms. The van der Waals surface area contributed by atoms with Gasteiger partial charge >= 0.3 is 12.1 Å². The third-order valence-electron chi connectivity index (χ3n) is 6.08. The maximum atomic E-state index is 11.5. The van der Waals surface area contributed by atoms with Crippen LogP contribution in [0.15, 0.2) is 0 Å². The average Bonchev–Trinajstić information content (AvgIpc) is 3.34. The van der Waals surface area contributed by atoms with Crippen molar-refractivity contribution in [2.75, 3.05) is 44.7 Å². The highest BCUT2D eigenvalue weighted by molar-refractivity contribution is 5.66. The highest BCUT2D eigenvalue weighted by Gasteiger charge is 2.33. The molecule has 10 nitrogen and oxygen atoms in total. The van der Waals surface area contributed by atoms with Crippen LogP contribution < -0.4 is 15.0 Å². The second kappa shape index (κ2) is 8.39. The number of nitrogens with one attached hydrogen (secondary N) is 1. The molecule has 0 radical (unpaired) electrons. The van der Waals surface area contributed by atoms with Crippen molar-refractivity contribution in [2.45, 2.75) is 44.4 Å². The first-order chi connectivity index (χ1) is 14.1. The first-order valence-corrected chi connectivity index (χ1v) is 10.1. The third-order valence-corrected chi connectivity index (χ3v) is 6.08. The van der Waals surface area contributed by atoms with E-state index >= 15 is 0 Å². The lowest BCUT2D eigenvalue weighted by atomic mass is 10.1. The first-order valence-electron chi connectivity index (χ1n) is 10.1. The standard InChI is InChI=1S/C19H27N7O3/c1-24-6-2-3-14(24)12-29-18-22-16-10-21-9-15(16)17(23-18)25-7-8-26(19(27)28)13(11-25)4-5-20/h13-14,21H,2-4,6-12H2,1H3,(H,27,28)/t13-,14-/m0/s1.